The van der Waals surface area contributed by atoms with Crippen molar-refractivity contribution in [3.8, 4) is 0 Å². The molecule has 0 atom stereocenters. The third-order valence-electron chi connectivity index (χ3n) is 5.26. The average molecular weight is 309 g/mol. The molecule has 114 valence electrons. The highest BCUT2D eigenvalue weighted by atomic mass is 16.3. The number of rotatable bonds is 0. The molecule has 0 unspecified atom stereocenters. The number of para-hydroxylation sites is 1. The van der Waals surface area contributed by atoms with Gasteiger partial charge in [0.2, 0.25) is 0 Å². The van der Waals surface area contributed by atoms with Crippen LogP contribution in [0, 0.1) is 0 Å². The van der Waals surface area contributed by atoms with Gasteiger partial charge in [-0.25, -0.2) is 0 Å². The van der Waals surface area contributed by atoms with E-state index in [2.05, 4.69) is 65.7 Å². The SMILES string of the molecule is C1=Cc2oc3c(ccc4cc5c(cc43)[nH]c3ccccc35)c2CC1. The molecule has 1 N–H and O–H groups in total. The molecule has 2 nitrogen and oxygen atoms in total. The summed E-state index contributed by atoms with van der Waals surface area (Å²) in [6, 6.07) is 17.4. The Kier molecular flexibility index (Phi) is 2.22. The van der Waals surface area contributed by atoms with Crippen LogP contribution in [-0.4, -0.2) is 4.98 Å². The molecule has 2 aromatic heterocycles. The molecule has 0 saturated carbocycles. The summed E-state index contributed by atoms with van der Waals surface area (Å²) in [6.45, 7) is 0. The molecule has 0 fully saturated rings. The molecule has 0 amide bonds. The summed E-state index contributed by atoms with van der Waals surface area (Å²) in [5, 5.41) is 6.23. The number of furan rings is 1. The van der Waals surface area contributed by atoms with Crippen LogP contribution in [0.3, 0.4) is 0 Å². The number of H-pyrrole nitrogens is 1. The van der Waals surface area contributed by atoms with Gasteiger partial charge in [-0.3, -0.25) is 0 Å². The van der Waals surface area contributed by atoms with Crippen molar-refractivity contribution in [3.05, 3.63) is 65.9 Å². The zero-order valence-electron chi connectivity index (χ0n) is 13.1. The van der Waals surface area contributed by atoms with Gasteiger partial charge >= 0.3 is 0 Å². The molecular weight excluding hydrogens is 294 g/mol. The summed E-state index contributed by atoms with van der Waals surface area (Å²) >= 11 is 0. The van der Waals surface area contributed by atoms with Crippen molar-refractivity contribution in [2.75, 3.05) is 0 Å². The molecular formula is C22H15NO. The minimum atomic E-state index is 1.02. The summed E-state index contributed by atoms with van der Waals surface area (Å²) < 4.78 is 6.23. The number of allylic oxidation sites excluding steroid dienone is 1. The Morgan fingerprint density at radius 2 is 1.79 bits per heavy atom. The standard InChI is InChI=1S/C22H15NO/c1-3-7-19-14(5-1)18-11-13-9-10-16-15-6-2-4-8-21(15)24-22(16)17(13)12-20(18)23-19/h1,3-5,7-12,23H,2,6H2. The highest BCUT2D eigenvalue weighted by Crippen LogP contribution is 2.37. The molecule has 0 bridgehead atoms. The predicted octanol–water partition coefficient (Wildman–Crippen LogP) is 6.18. The van der Waals surface area contributed by atoms with Crippen LogP contribution in [-0.2, 0) is 6.42 Å². The Balaban J connectivity index is 1.79. The number of benzene rings is 3. The van der Waals surface area contributed by atoms with Crippen molar-refractivity contribution in [2.45, 2.75) is 12.8 Å². The van der Waals surface area contributed by atoms with E-state index >= 15 is 0 Å². The van der Waals surface area contributed by atoms with E-state index in [1.54, 1.807) is 0 Å². The minimum Gasteiger partial charge on any atom is -0.456 e. The molecule has 0 radical (unpaired) electrons. The summed E-state index contributed by atoms with van der Waals surface area (Å²) in [7, 11) is 0. The van der Waals surface area contributed by atoms with E-state index in [1.165, 1.54) is 43.5 Å². The van der Waals surface area contributed by atoms with E-state index < -0.39 is 0 Å². The monoisotopic (exact) mass is 309 g/mol. The smallest absolute Gasteiger partial charge is 0.142 e. The van der Waals surface area contributed by atoms with E-state index in [1.807, 2.05) is 0 Å². The van der Waals surface area contributed by atoms with Crippen LogP contribution in [0.4, 0.5) is 0 Å². The lowest BCUT2D eigenvalue weighted by Crippen LogP contribution is -1.88. The summed E-state index contributed by atoms with van der Waals surface area (Å²) in [5.41, 5.74) is 4.72. The number of hydrogen-bond acceptors (Lipinski definition) is 1. The van der Waals surface area contributed by atoms with Crippen molar-refractivity contribution >= 4 is 49.6 Å². The van der Waals surface area contributed by atoms with Gasteiger partial charge in [-0.1, -0.05) is 36.4 Å². The Hall–Kier alpha value is -3.00. The van der Waals surface area contributed by atoms with E-state index in [-0.39, 0.29) is 0 Å². The maximum Gasteiger partial charge on any atom is 0.142 e. The van der Waals surface area contributed by atoms with Crippen molar-refractivity contribution in [1.82, 2.24) is 4.98 Å². The first kappa shape index (κ1) is 12.4. The van der Waals surface area contributed by atoms with Crippen LogP contribution < -0.4 is 0 Å². The molecule has 5 aromatic rings. The number of aromatic nitrogens is 1. The molecule has 0 spiro atoms. The minimum absolute atomic E-state index is 1.02. The number of aromatic amines is 1. The fraction of sp³-hybridized carbons (Fsp3) is 0.0909. The number of hydrogen-bond donors (Lipinski definition) is 1. The highest BCUT2D eigenvalue weighted by Gasteiger charge is 2.17. The number of aryl methyl sites for hydroxylation is 1. The maximum absolute atomic E-state index is 6.23. The lowest BCUT2D eigenvalue weighted by Gasteiger charge is -2.03. The first-order chi connectivity index (χ1) is 11.9. The van der Waals surface area contributed by atoms with Gasteiger partial charge in [0.25, 0.3) is 0 Å². The van der Waals surface area contributed by atoms with Gasteiger partial charge in [0.15, 0.2) is 0 Å². The van der Waals surface area contributed by atoms with E-state index in [0.29, 0.717) is 0 Å². The fourth-order valence-corrected chi connectivity index (χ4v) is 4.11. The fourth-order valence-electron chi connectivity index (χ4n) is 4.11. The molecule has 24 heavy (non-hydrogen) atoms. The molecule has 2 heterocycles. The molecule has 1 aliphatic carbocycles. The normalized spacial score (nSPS) is 14.2. The van der Waals surface area contributed by atoms with Crippen LogP contribution in [0.1, 0.15) is 17.7 Å². The van der Waals surface area contributed by atoms with E-state index in [9.17, 15) is 0 Å². The molecule has 6 rings (SSSR count). The number of nitrogens with one attached hydrogen (secondary N) is 1. The van der Waals surface area contributed by atoms with Crippen molar-refractivity contribution < 1.29 is 4.42 Å². The zero-order chi connectivity index (χ0) is 15.7. The molecule has 0 aliphatic heterocycles. The molecule has 2 heteroatoms. The van der Waals surface area contributed by atoms with Crippen molar-refractivity contribution in [2.24, 2.45) is 0 Å². The summed E-state index contributed by atoms with van der Waals surface area (Å²) in [5.74, 6) is 1.03. The van der Waals surface area contributed by atoms with Crippen LogP contribution in [0.2, 0.25) is 0 Å². The largest absolute Gasteiger partial charge is 0.456 e. The quantitative estimate of drug-likeness (QED) is 0.363. The summed E-state index contributed by atoms with van der Waals surface area (Å²) in [6.07, 6.45) is 6.48. The van der Waals surface area contributed by atoms with E-state index in [0.717, 1.165) is 24.2 Å². The second kappa shape index (κ2) is 4.30. The van der Waals surface area contributed by atoms with Gasteiger partial charge in [0.05, 0.1) is 0 Å². The third-order valence-corrected chi connectivity index (χ3v) is 5.26. The predicted molar refractivity (Wildman–Crippen MR) is 100 cm³/mol. The number of fused-ring (bicyclic) bond motifs is 8. The van der Waals surface area contributed by atoms with Gasteiger partial charge < -0.3 is 9.40 Å². The Morgan fingerprint density at radius 1 is 0.833 bits per heavy atom. The Morgan fingerprint density at radius 3 is 2.79 bits per heavy atom. The molecule has 3 aromatic carbocycles. The van der Waals surface area contributed by atoms with Gasteiger partial charge in [-0.2, -0.15) is 0 Å². The third kappa shape index (κ3) is 1.50. The lowest BCUT2D eigenvalue weighted by atomic mass is 9.98. The second-order valence-electron chi connectivity index (χ2n) is 6.62. The van der Waals surface area contributed by atoms with E-state index in [4.69, 9.17) is 4.42 Å². The van der Waals surface area contributed by atoms with Crippen molar-refractivity contribution in [3.63, 3.8) is 0 Å². The summed E-state index contributed by atoms with van der Waals surface area (Å²) in [4.78, 5) is 3.54. The average Bonchev–Trinajstić information content (AvgIpc) is 3.18. The van der Waals surface area contributed by atoms with Crippen molar-refractivity contribution in [1.29, 1.82) is 0 Å². The zero-order valence-corrected chi connectivity index (χ0v) is 13.1. The molecule has 0 saturated heterocycles. The van der Waals surface area contributed by atoms with Crippen LogP contribution in [0.5, 0.6) is 0 Å². The van der Waals surface area contributed by atoms with Crippen LogP contribution >= 0.6 is 0 Å². The lowest BCUT2D eigenvalue weighted by molar-refractivity contribution is 0.598. The van der Waals surface area contributed by atoms with Gasteiger partial charge in [-0.05, 0) is 42.5 Å². The van der Waals surface area contributed by atoms with Gasteiger partial charge in [0.1, 0.15) is 11.3 Å². The van der Waals surface area contributed by atoms with Gasteiger partial charge in [0, 0.05) is 38.1 Å². The Bertz CT molecular complexity index is 1300. The Labute approximate surface area is 138 Å². The molecule has 1 aliphatic rings. The first-order valence-electron chi connectivity index (χ1n) is 8.43. The maximum atomic E-state index is 6.23. The topological polar surface area (TPSA) is 28.9 Å². The first-order valence-corrected chi connectivity index (χ1v) is 8.43. The second-order valence-corrected chi connectivity index (χ2v) is 6.62. The van der Waals surface area contributed by atoms with Gasteiger partial charge in [-0.15, -0.1) is 0 Å². The highest BCUT2D eigenvalue weighted by molar-refractivity contribution is 6.16. The van der Waals surface area contributed by atoms with Crippen LogP contribution in [0.15, 0.2) is 59.0 Å². The van der Waals surface area contributed by atoms with Crippen LogP contribution in [0.25, 0.3) is 49.6 Å².